The fourth-order valence-electron chi connectivity index (χ4n) is 7.13. The molecule has 0 bridgehead atoms. The average molecular weight is 747 g/mol. The third-order valence-electron chi connectivity index (χ3n) is 9.48. The summed E-state index contributed by atoms with van der Waals surface area (Å²) in [6, 6.07) is 20.6. The highest BCUT2D eigenvalue weighted by molar-refractivity contribution is 5.92. The molecule has 15 heteroatoms. The van der Waals surface area contributed by atoms with Gasteiger partial charge < -0.3 is 14.4 Å². The van der Waals surface area contributed by atoms with Gasteiger partial charge in [-0.3, -0.25) is 19.6 Å². The van der Waals surface area contributed by atoms with Gasteiger partial charge in [0.25, 0.3) is 5.91 Å². The number of rotatable bonds is 10. The molecule has 3 aliphatic rings. The Bertz CT molecular complexity index is 1700. The Kier molecular flexibility index (Phi) is 12.4. The first-order valence-electron chi connectivity index (χ1n) is 16.5. The van der Waals surface area contributed by atoms with Crippen molar-refractivity contribution >= 4 is 30.7 Å². The van der Waals surface area contributed by atoms with Crippen molar-refractivity contribution in [2.24, 2.45) is 0 Å². The van der Waals surface area contributed by atoms with Crippen molar-refractivity contribution in [2.45, 2.75) is 49.5 Å². The Morgan fingerprint density at radius 1 is 0.902 bits per heavy atom. The zero-order chi connectivity index (χ0) is 34.0. The smallest absolute Gasteiger partial charge is 0.422 e. The molecule has 3 fully saturated rings. The Morgan fingerprint density at radius 2 is 1.57 bits per heavy atom. The lowest BCUT2D eigenvalue weighted by Gasteiger charge is -2.53. The van der Waals surface area contributed by atoms with E-state index in [9.17, 15) is 18.0 Å². The highest BCUT2D eigenvalue weighted by Gasteiger charge is 2.44. The lowest BCUT2D eigenvalue weighted by atomic mass is 9.81. The minimum atomic E-state index is -4.54. The summed E-state index contributed by atoms with van der Waals surface area (Å²) < 4.78 is 51.2. The normalized spacial score (nSPS) is 19.4. The van der Waals surface area contributed by atoms with E-state index in [2.05, 4.69) is 54.0 Å². The molecule has 7 rings (SSSR count). The van der Waals surface area contributed by atoms with E-state index >= 15 is 0 Å². The SMILES string of the molecule is COc1nc(C2CC2)nc(OCC(F)(F)F)c1CN1CC(C(c2ccccc2)c2ccccc2)N2CCN(C(=O)c3cnccn3)C[C@H]2C1.Cl.Cl. The van der Waals surface area contributed by atoms with E-state index in [0.29, 0.717) is 44.1 Å². The molecule has 0 radical (unpaired) electrons. The number of hydrogen-bond acceptors (Lipinski definition) is 9. The molecular formula is C36H40Cl2F3N7O3. The number of carbonyl (C=O) groups is 1. The number of piperazine rings is 2. The molecule has 1 unspecified atom stereocenters. The number of halogens is 5. The number of ether oxygens (including phenoxy) is 2. The van der Waals surface area contributed by atoms with Gasteiger partial charge in [0.15, 0.2) is 6.61 Å². The van der Waals surface area contributed by atoms with E-state index in [-0.39, 0.29) is 78.6 Å². The number of carbonyl (C=O) groups excluding carboxylic acids is 1. The standard InChI is InChI=1S/C36H38F3N7O3.2ClH/c1-48-33-28(34(49-23-36(37,38)39)43-32(42-33)26-12-13-26)21-44-19-27-20-45(35(47)29-18-40-14-15-41-29)16-17-46(27)30(22-44)31(24-8-4-2-5-9-24)25-10-6-3-7-11-25;;/h2-11,14-15,18,26-27,30-31H,12-13,16-17,19-23H2,1H3;2*1H/t27-,30?;;/m1../s1. The molecule has 272 valence electrons. The van der Waals surface area contributed by atoms with Gasteiger partial charge in [-0.05, 0) is 24.0 Å². The Labute approximate surface area is 307 Å². The van der Waals surface area contributed by atoms with Crippen molar-refractivity contribution in [3.8, 4) is 11.8 Å². The molecule has 2 saturated heterocycles. The molecule has 51 heavy (non-hydrogen) atoms. The summed E-state index contributed by atoms with van der Waals surface area (Å²) >= 11 is 0. The Hall–Kier alpha value is -4.04. The van der Waals surface area contributed by atoms with Gasteiger partial charge in [0.05, 0.1) is 18.9 Å². The van der Waals surface area contributed by atoms with Gasteiger partial charge in [-0.2, -0.15) is 23.1 Å². The maximum absolute atomic E-state index is 13.5. The van der Waals surface area contributed by atoms with Crippen molar-refractivity contribution in [2.75, 3.05) is 46.4 Å². The predicted octanol–water partition coefficient (Wildman–Crippen LogP) is 5.78. The van der Waals surface area contributed by atoms with E-state index in [1.165, 1.54) is 25.7 Å². The summed E-state index contributed by atoms with van der Waals surface area (Å²) in [4.78, 5) is 37.5. The van der Waals surface area contributed by atoms with Crippen LogP contribution in [0.1, 0.15) is 57.7 Å². The second-order valence-electron chi connectivity index (χ2n) is 12.8. The van der Waals surface area contributed by atoms with Crippen LogP contribution in [-0.2, 0) is 6.54 Å². The van der Waals surface area contributed by atoms with Crippen LogP contribution in [0.2, 0.25) is 0 Å². The van der Waals surface area contributed by atoms with Crippen molar-refractivity contribution in [3.05, 3.63) is 107 Å². The van der Waals surface area contributed by atoms with Gasteiger partial charge in [-0.25, -0.2) is 4.98 Å². The number of hydrogen-bond donors (Lipinski definition) is 0. The lowest BCUT2D eigenvalue weighted by Crippen LogP contribution is -2.67. The zero-order valence-electron chi connectivity index (χ0n) is 28.0. The minimum Gasteiger partial charge on any atom is -0.481 e. The van der Waals surface area contributed by atoms with Crippen LogP contribution < -0.4 is 9.47 Å². The van der Waals surface area contributed by atoms with Crippen LogP contribution >= 0.6 is 24.8 Å². The number of methoxy groups -OCH3 is 1. The number of fused-ring (bicyclic) bond motifs is 1. The maximum Gasteiger partial charge on any atom is 0.422 e. The van der Waals surface area contributed by atoms with Crippen LogP contribution in [0.3, 0.4) is 0 Å². The fraction of sp³-hybridized carbons (Fsp3) is 0.417. The van der Waals surface area contributed by atoms with E-state index in [1.807, 2.05) is 41.3 Å². The van der Waals surface area contributed by atoms with Gasteiger partial charge in [0.2, 0.25) is 11.8 Å². The molecule has 10 nitrogen and oxygen atoms in total. The van der Waals surface area contributed by atoms with Crippen molar-refractivity contribution in [1.82, 2.24) is 34.6 Å². The number of alkyl halides is 3. The quantitative estimate of drug-likeness (QED) is 0.200. The minimum absolute atomic E-state index is 0. The number of benzene rings is 2. The fourth-order valence-corrected chi connectivity index (χ4v) is 7.13. The lowest BCUT2D eigenvalue weighted by molar-refractivity contribution is -0.154. The monoisotopic (exact) mass is 745 g/mol. The van der Waals surface area contributed by atoms with Crippen LogP contribution in [0.25, 0.3) is 0 Å². The van der Waals surface area contributed by atoms with Crippen LogP contribution in [-0.4, -0.2) is 105 Å². The summed E-state index contributed by atoms with van der Waals surface area (Å²) in [7, 11) is 1.47. The number of nitrogens with zero attached hydrogens (tertiary/aromatic N) is 7. The van der Waals surface area contributed by atoms with Crippen molar-refractivity contribution in [1.29, 1.82) is 0 Å². The van der Waals surface area contributed by atoms with Crippen LogP contribution in [0.5, 0.6) is 11.8 Å². The maximum atomic E-state index is 13.5. The second-order valence-corrected chi connectivity index (χ2v) is 12.8. The Morgan fingerprint density at radius 3 is 2.16 bits per heavy atom. The van der Waals surface area contributed by atoms with E-state index in [0.717, 1.165) is 24.0 Å². The van der Waals surface area contributed by atoms with Crippen LogP contribution in [0.4, 0.5) is 13.2 Å². The first kappa shape index (κ1) is 38.2. The van der Waals surface area contributed by atoms with Gasteiger partial charge >= 0.3 is 6.18 Å². The second kappa shape index (κ2) is 16.5. The molecule has 4 aromatic rings. The highest BCUT2D eigenvalue weighted by atomic mass is 35.5. The first-order chi connectivity index (χ1) is 23.8. The molecule has 2 aromatic heterocycles. The van der Waals surface area contributed by atoms with Crippen LogP contribution in [0, 0.1) is 0 Å². The number of amides is 1. The van der Waals surface area contributed by atoms with E-state index in [4.69, 9.17) is 9.47 Å². The summed E-state index contributed by atoms with van der Waals surface area (Å²) in [5, 5.41) is 0. The molecule has 2 atom stereocenters. The van der Waals surface area contributed by atoms with Crippen molar-refractivity contribution < 1.29 is 27.4 Å². The van der Waals surface area contributed by atoms with Crippen molar-refractivity contribution in [3.63, 3.8) is 0 Å². The summed E-state index contributed by atoms with van der Waals surface area (Å²) in [6.45, 7) is 1.50. The molecule has 1 amide bonds. The molecule has 1 aliphatic carbocycles. The average Bonchev–Trinajstić information content (AvgIpc) is 3.98. The zero-order valence-corrected chi connectivity index (χ0v) is 29.6. The first-order valence-corrected chi connectivity index (χ1v) is 16.5. The Balaban J connectivity index is 0.00000252. The summed E-state index contributed by atoms with van der Waals surface area (Å²) in [5.74, 6) is 0.444. The molecular weight excluding hydrogens is 706 g/mol. The summed E-state index contributed by atoms with van der Waals surface area (Å²) in [6.07, 6.45) is 1.73. The van der Waals surface area contributed by atoms with Gasteiger partial charge in [-0.1, -0.05) is 60.7 Å². The third kappa shape index (κ3) is 8.89. The molecule has 0 spiro atoms. The number of aromatic nitrogens is 4. The van der Waals surface area contributed by atoms with E-state index in [1.54, 1.807) is 0 Å². The molecule has 2 aromatic carbocycles. The third-order valence-corrected chi connectivity index (χ3v) is 9.48. The van der Waals surface area contributed by atoms with E-state index < -0.39 is 12.8 Å². The topological polar surface area (TPSA) is 96.8 Å². The van der Waals surface area contributed by atoms with Gasteiger partial charge in [-0.15, -0.1) is 24.8 Å². The predicted molar refractivity (Wildman–Crippen MR) is 189 cm³/mol. The summed E-state index contributed by atoms with van der Waals surface area (Å²) in [5.41, 5.74) is 2.97. The van der Waals surface area contributed by atoms with Gasteiger partial charge in [0.1, 0.15) is 11.5 Å². The highest BCUT2D eigenvalue weighted by Crippen LogP contribution is 2.42. The molecule has 1 saturated carbocycles. The van der Waals surface area contributed by atoms with Crippen LogP contribution in [0.15, 0.2) is 79.3 Å². The largest absolute Gasteiger partial charge is 0.481 e. The molecule has 2 aliphatic heterocycles. The van der Waals surface area contributed by atoms with Gasteiger partial charge in [0, 0.05) is 75.6 Å². The molecule has 4 heterocycles. The molecule has 0 N–H and O–H groups in total.